The highest BCUT2D eigenvalue weighted by Crippen LogP contribution is 2.38. The van der Waals surface area contributed by atoms with E-state index in [0.29, 0.717) is 10.8 Å². The highest BCUT2D eigenvalue weighted by molar-refractivity contribution is 6.31. The molecule has 0 aliphatic carbocycles. The summed E-state index contributed by atoms with van der Waals surface area (Å²) in [6.45, 7) is 1.82. The number of carboxylic acid groups (broad SMARTS) is 1. The molecular weight excluding hydrogens is 266 g/mol. The van der Waals surface area contributed by atoms with Crippen molar-refractivity contribution in [1.29, 1.82) is 0 Å². The number of carbonyl (C=O) groups is 1. The molecule has 0 saturated carbocycles. The minimum absolute atomic E-state index is 0.0418. The number of hydrogen-bond acceptors (Lipinski definition) is 3. The van der Waals surface area contributed by atoms with Crippen LogP contribution in [0, 0.1) is 0 Å². The smallest absolute Gasteiger partial charge is 0.305 e. The van der Waals surface area contributed by atoms with Crippen molar-refractivity contribution in [2.24, 2.45) is 0 Å². The molecule has 0 bridgehead atoms. The van der Waals surface area contributed by atoms with Crippen LogP contribution >= 0.6 is 11.6 Å². The third-order valence-corrected chi connectivity index (χ3v) is 3.85. The normalized spacial score (nSPS) is 17.4. The summed E-state index contributed by atoms with van der Waals surface area (Å²) in [6, 6.07) is 5.20. The van der Waals surface area contributed by atoms with Crippen molar-refractivity contribution in [3.8, 4) is 5.75 Å². The number of methoxy groups -OCH3 is 1. The molecular formula is C14H18ClNO3. The zero-order valence-electron chi connectivity index (χ0n) is 10.9. The van der Waals surface area contributed by atoms with Gasteiger partial charge in [0, 0.05) is 10.6 Å². The number of likely N-dealkylation sites (tertiary alicyclic amines) is 1. The monoisotopic (exact) mass is 283 g/mol. The van der Waals surface area contributed by atoms with Gasteiger partial charge >= 0.3 is 5.97 Å². The van der Waals surface area contributed by atoms with Crippen molar-refractivity contribution in [2.45, 2.75) is 25.3 Å². The Hall–Kier alpha value is -1.26. The lowest BCUT2D eigenvalue weighted by Crippen LogP contribution is -2.28. The second kappa shape index (κ2) is 6.26. The van der Waals surface area contributed by atoms with Crippen LogP contribution in [0.25, 0.3) is 0 Å². The third-order valence-electron chi connectivity index (χ3n) is 3.52. The van der Waals surface area contributed by atoms with Crippen LogP contribution in [0.15, 0.2) is 18.2 Å². The first kappa shape index (κ1) is 14.2. The molecule has 104 valence electrons. The Kier molecular flexibility index (Phi) is 4.66. The lowest BCUT2D eigenvalue weighted by atomic mass is 10.0. The van der Waals surface area contributed by atoms with Gasteiger partial charge in [-0.15, -0.1) is 0 Å². The van der Waals surface area contributed by atoms with Crippen LogP contribution in [0.4, 0.5) is 0 Å². The molecule has 1 aromatic rings. The van der Waals surface area contributed by atoms with Gasteiger partial charge in [0.1, 0.15) is 5.75 Å². The molecule has 19 heavy (non-hydrogen) atoms. The van der Waals surface area contributed by atoms with Crippen LogP contribution in [0.5, 0.6) is 5.75 Å². The van der Waals surface area contributed by atoms with E-state index in [-0.39, 0.29) is 12.5 Å². The van der Waals surface area contributed by atoms with E-state index in [1.165, 1.54) is 0 Å². The molecule has 0 radical (unpaired) electrons. The summed E-state index contributed by atoms with van der Waals surface area (Å²) in [5.74, 6) is -0.162. The topological polar surface area (TPSA) is 49.8 Å². The van der Waals surface area contributed by atoms with Gasteiger partial charge in [0.25, 0.3) is 0 Å². The van der Waals surface area contributed by atoms with Crippen LogP contribution < -0.4 is 4.74 Å². The van der Waals surface area contributed by atoms with E-state index in [0.717, 1.165) is 31.5 Å². The van der Waals surface area contributed by atoms with E-state index in [1.54, 1.807) is 13.2 Å². The van der Waals surface area contributed by atoms with E-state index in [2.05, 4.69) is 4.90 Å². The molecule has 1 N–H and O–H groups in total. The van der Waals surface area contributed by atoms with E-state index < -0.39 is 5.97 Å². The summed E-state index contributed by atoms with van der Waals surface area (Å²) in [4.78, 5) is 13.3. The summed E-state index contributed by atoms with van der Waals surface area (Å²) in [5, 5.41) is 9.72. The van der Waals surface area contributed by atoms with E-state index >= 15 is 0 Å². The van der Waals surface area contributed by atoms with Crippen LogP contribution in [-0.2, 0) is 4.79 Å². The largest absolute Gasteiger partial charge is 0.496 e. The Morgan fingerprint density at radius 1 is 1.47 bits per heavy atom. The van der Waals surface area contributed by atoms with Crippen molar-refractivity contribution in [2.75, 3.05) is 20.2 Å². The minimum Gasteiger partial charge on any atom is -0.496 e. The van der Waals surface area contributed by atoms with Crippen molar-refractivity contribution in [1.82, 2.24) is 4.90 Å². The maximum absolute atomic E-state index is 11.1. The summed E-state index contributed by atoms with van der Waals surface area (Å²) in [5.41, 5.74) is 0.788. The number of hydrogen-bond donors (Lipinski definition) is 1. The van der Waals surface area contributed by atoms with Crippen molar-refractivity contribution >= 4 is 17.6 Å². The molecule has 1 aliphatic heterocycles. The first-order chi connectivity index (χ1) is 9.13. The van der Waals surface area contributed by atoms with Gasteiger partial charge < -0.3 is 9.84 Å². The van der Waals surface area contributed by atoms with Gasteiger partial charge in [-0.1, -0.05) is 17.7 Å². The van der Waals surface area contributed by atoms with Crippen LogP contribution in [0.3, 0.4) is 0 Å². The van der Waals surface area contributed by atoms with Crippen molar-refractivity contribution in [3.63, 3.8) is 0 Å². The van der Waals surface area contributed by atoms with Crippen LogP contribution in [0.1, 0.15) is 30.9 Å². The number of aliphatic carboxylic acids is 1. The quantitative estimate of drug-likeness (QED) is 0.903. The molecule has 2 rings (SSSR count). The van der Waals surface area contributed by atoms with Gasteiger partial charge in [0.15, 0.2) is 0 Å². The molecule has 0 amide bonds. The van der Waals surface area contributed by atoms with Gasteiger partial charge in [0.05, 0.1) is 19.6 Å². The number of nitrogens with zero attached hydrogens (tertiary/aromatic N) is 1. The molecule has 1 fully saturated rings. The summed E-state index contributed by atoms with van der Waals surface area (Å²) >= 11 is 6.27. The zero-order valence-corrected chi connectivity index (χ0v) is 11.7. The SMILES string of the molecule is COc1cccc(Cl)c1C(CC(=O)O)N1CCCC1. The van der Waals surface area contributed by atoms with Crippen LogP contribution in [0.2, 0.25) is 5.02 Å². The molecule has 1 heterocycles. The number of carboxylic acids is 1. The zero-order chi connectivity index (χ0) is 13.8. The average molecular weight is 284 g/mol. The molecule has 1 aliphatic rings. The second-order valence-corrected chi connectivity index (χ2v) is 5.12. The van der Waals surface area contributed by atoms with E-state index in [9.17, 15) is 4.79 Å². The lowest BCUT2D eigenvalue weighted by molar-refractivity contribution is -0.138. The summed E-state index contributed by atoms with van der Waals surface area (Å²) in [7, 11) is 1.58. The van der Waals surface area contributed by atoms with Gasteiger partial charge in [-0.05, 0) is 38.1 Å². The molecule has 5 heteroatoms. The fourth-order valence-electron chi connectivity index (χ4n) is 2.65. The maximum Gasteiger partial charge on any atom is 0.305 e. The fourth-order valence-corrected chi connectivity index (χ4v) is 2.94. The Bertz CT molecular complexity index is 458. The highest BCUT2D eigenvalue weighted by atomic mass is 35.5. The number of rotatable bonds is 5. The number of ether oxygens (including phenoxy) is 1. The average Bonchev–Trinajstić information content (AvgIpc) is 2.89. The summed E-state index contributed by atoms with van der Waals surface area (Å²) in [6.07, 6.45) is 2.24. The molecule has 0 aromatic heterocycles. The Morgan fingerprint density at radius 3 is 2.74 bits per heavy atom. The second-order valence-electron chi connectivity index (χ2n) is 4.71. The van der Waals surface area contributed by atoms with Gasteiger partial charge in [0.2, 0.25) is 0 Å². The first-order valence-corrected chi connectivity index (χ1v) is 6.79. The molecule has 1 aromatic carbocycles. The van der Waals surface area contributed by atoms with E-state index in [4.69, 9.17) is 21.4 Å². The first-order valence-electron chi connectivity index (χ1n) is 6.41. The standard InChI is InChI=1S/C14H18ClNO3/c1-19-12-6-4-5-10(15)14(12)11(9-13(17)18)16-7-2-3-8-16/h4-6,11H,2-3,7-9H2,1H3,(H,17,18). The predicted octanol–water partition coefficient (Wildman–Crippen LogP) is 2.96. The Labute approximate surface area is 117 Å². The molecule has 1 atom stereocenters. The molecule has 0 spiro atoms. The van der Waals surface area contributed by atoms with Crippen molar-refractivity contribution in [3.05, 3.63) is 28.8 Å². The third kappa shape index (κ3) is 3.19. The minimum atomic E-state index is -0.820. The Balaban J connectivity index is 2.39. The maximum atomic E-state index is 11.1. The number of halogens is 1. The molecule has 1 unspecified atom stereocenters. The van der Waals surface area contributed by atoms with Gasteiger partial charge in [-0.25, -0.2) is 0 Å². The Morgan fingerprint density at radius 2 is 2.16 bits per heavy atom. The summed E-state index contributed by atoms with van der Waals surface area (Å²) < 4.78 is 5.34. The predicted molar refractivity (Wildman–Crippen MR) is 73.8 cm³/mol. The molecule has 1 saturated heterocycles. The lowest BCUT2D eigenvalue weighted by Gasteiger charge is -2.28. The highest BCUT2D eigenvalue weighted by Gasteiger charge is 2.29. The van der Waals surface area contributed by atoms with Gasteiger partial charge in [-0.2, -0.15) is 0 Å². The van der Waals surface area contributed by atoms with Crippen LogP contribution in [-0.4, -0.2) is 36.2 Å². The van der Waals surface area contributed by atoms with Crippen molar-refractivity contribution < 1.29 is 14.6 Å². The molecule has 4 nitrogen and oxygen atoms in total. The van der Waals surface area contributed by atoms with E-state index in [1.807, 2.05) is 12.1 Å². The fraction of sp³-hybridized carbons (Fsp3) is 0.500. The number of benzene rings is 1. The van der Waals surface area contributed by atoms with Gasteiger partial charge in [-0.3, -0.25) is 9.69 Å².